The van der Waals surface area contributed by atoms with Crippen molar-refractivity contribution in [2.75, 3.05) is 33.4 Å². The van der Waals surface area contributed by atoms with Crippen LogP contribution in [0, 0.1) is 5.82 Å². The minimum atomic E-state index is -0.384. The van der Waals surface area contributed by atoms with Gasteiger partial charge in [0.15, 0.2) is 0 Å². The third kappa shape index (κ3) is 3.82. The summed E-state index contributed by atoms with van der Waals surface area (Å²) in [5.74, 6) is 0.0845. The lowest BCUT2D eigenvalue weighted by Crippen LogP contribution is -2.35. The normalized spacial score (nSPS) is 23.2. The molecule has 1 aliphatic rings. The smallest absolute Gasteiger partial charge is 0.138 e. The Balaban J connectivity index is 1.83. The molecule has 1 N–H and O–H groups in total. The first-order valence-electron chi connectivity index (χ1n) is 6.59. The molecule has 0 bridgehead atoms. The number of methoxy groups -OCH3 is 1. The molecule has 112 valence electrons. The van der Waals surface area contributed by atoms with Gasteiger partial charge in [-0.25, -0.2) is 4.39 Å². The van der Waals surface area contributed by atoms with E-state index in [2.05, 4.69) is 4.90 Å². The number of likely N-dealkylation sites (tertiary alicyclic amines) is 1. The van der Waals surface area contributed by atoms with Crippen LogP contribution >= 0.6 is 11.6 Å². The minimum absolute atomic E-state index is 0.104. The second kappa shape index (κ2) is 7.22. The Kier molecular flexibility index (Phi) is 5.60. The van der Waals surface area contributed by atoms with Crippen molar-refractivity contribution in [2.24, 2.45) is 0 Å². The Hall–Kier alpha value is -0.880. The molecule has 4 nitrogen and oxygen atoms in total. The first-order valence-corrected chi connectivity index (χ1v) is 6.97. The van der Waals surface area contributed by atoms with E-state index >= 15 is 0 Å². The van der Waals surface area contributed by atoms with Crippen LogP contribution in [0.3, 0.4) is 0 Å². The number of aliphatic hydroxyl groups is 1. The Morgan fingerprint density at radius 2 is 2.30 bits per heavy atom. The number of hydrogen-bond acceptors (Lipinski definition) is 4. The Labute approximate surface area is 123 Å². The van der Waals surface area contributed by atoms with E-state index in [1.165, 1.54) is 18.2 Å². The molecule has 1 heterocycles. The van der Waals surface area contributed by atoms with Crippen LogP contribution < -0.4 is 4.74 Å². The number of nitrogens with zero attached hydrogens (tertiary/aromatic N) is 1. The van der Waals surface area contributed by atoms with E-state index in [0.29, 0.717) is 18.9 Å². The molecule has 1 saturated heterocycles. The molecule has 1 aliphatic heterocycles. The molecular formula is C14H19ClFNO3. The molecule has 6 heteroatoms. The molecule has 0 aliphatic carbocycles. The second-order valence-corrected chi connectivity index (χ2v) is 5.26. The molecule has 20 heavy (non-hydrogen) atoms. The molecule has 0 radical (unpaired) electrons. The topological polar surface area (TPSA) is 41.9 Å². The molecule has 1 aromatic rings. The third-order valence-corrected chi connectivity index (χ3v) is 3.86. The molecule has 0 amide bonds. The first-order chi connectivity index (χ1) is 9.63. The van der Waals surface area contributed by atoms with Crippen molar-refractivity contribution in [3.05, 3.63) is 29.0 Å². The Morgan fingerprint density at radius 1 is 1.50 bits per heavy atom. The van der Waals surface area contributed by atoms with Crippen molar-refractivity contribution in [3.63, 3.8) is 0 Å². The molecule has 0 spiro atoms. The molecular weight excluding hydrogens is 285 g/mol. The standard InChI is InChI=1S/C14H19ClFNO3/c1-19-12-7-11(9-18)17(8-12)4-5-20-14-3-2-10(16)6-13(14)15/h2-3,6,11-12,18H,4-5,7-9H2,1H3/t11-,12+/m0/s1. The highest BCUT2D eigenvalue weighted by molar-refractivity contribution is 6.32. The predicted octanol–water partition coefficient (Wildman–Crippen LogP) is 1.94. The zero-order valence-electron chi connectivity index (χ0n) is 11.4. The zero-order chi connectivity index (χ0) is 14.5. The van der Waals surface area contributed by atoms with Crippen molar-refractivity contribution in [1.82, 2.24) is 4.90 Å². The molecule has 1 aromatic carbocycles. The fraction of sp³-hybridized carbons (Fsp3) is 0.571. The van der Waals surface area contributed by atoms with E-state index in [1.54, 1.807) is 7.11 Å². The summed E-state index contributed by atoms with van der Waals surface area (Å²) in [6.45, 7) is 1.98. The summed E-state index contributed by atoms with van der Waals surface area (Å²) in [6, 6.07) is 4.16. The Morgan fingerprint density at radius 3 is 2.95 bits per heavy atom. The van der Waals surface area contributed by atoms with Gasteiger partial charge in [-0.15, -0.1) is 0 Å². The number of rotatable bonds is 6. The van der Waals surface area contributed by atoms with Crippen LogP contribution in [0.15, 0.2) is 18.2 Å². The van der Waals surface area contributed by atoms with Crippen molar-refractivity contribution >= 4 is 11.6 Å². The summed E-state index contributed by atoms with van der Waals surface area (Å²) in [5.41, 5.74) is 0. The van der Waals surface area contributed by atoms with Gasteiger partial charge >= 0.3 is 0 Å². The summed E-state index contributed by atoms with van der Waals surface area (Å²) in [7, 11) is 1.68. The molecule has 0 saturated carbocycles. The maximum atomic E-state index is 12.9. The van der Waals surface area contributed by atoms with E-state index in [1.807, 2.05) is 0 Å². The Bertz CT molecular complexity index is 446. The maximum Gasteiger partial charge on any atom is 0.138 e. The lowest BCUT2D eigenvalue weighted by atomic mass is 10.2. The molecule has 2 rings (SSSR count). The monoisotopic (exact) mass is 303 g/mol. The number of halogens is 2. The van der Waals surface area contributed by atoms with Crippen LogP contribution in [0.5, 0.6) is 5.75 Å². The van der Waals surface area contributed by atoms with Gasteiger partial charge in [0.1, 0.15) is 18.2 Å². The fourth-order valence-electron chi connectivity index (χ4n) is 2.44. The summed E-state index contributed by atoms with van der Waals surface area (Å²) < 4.78 is 23.8. The van der Waals surface area contributed by atoms with Crippen LogP contribution in [-0.4, -0.2) is 55.6 Å². The second-order valence-electron chi connectivity index (χ2n) is 4.85. The minimum Gasteiger partial charge on any atom is -0.491 e. The largest absolute Gasteiger partial charge is 0.491 e. The quantitative estimate of drug-likeness (QED) is 0.872. The number of aliphatic hydroxyl groups excluding tert-OH is 1. The van der Waals surface area contributed by atoms with Gasteiger partial charge in [0.2, 0.25) is 0 Å². The average Bonchev–Trinajstić information content (AvgIpc) is 2.84. The highest BCUT2D eigenvalue weighted by Crippen LogP contribution is 2.25. The van der Waals surface area contributed by atoms with Crippen molar-refractivity contribution in [3.8, 4) is 5.75 Å². The van der Waals surface area contributed by atoms with Crippen LogP contribution in [0.1, 0.15) is 6.42 Å². The van der Waals surface area contributed by atoms with Crippen LogP contribution in [0.25, 0.3) is 0 Å². The lowest BCUT2D eigenvalue weighted by Gasteiger charge is -2.22. The first kappa shape index (κ1) is 15.5. The van der Waals surface area contributed by atoms with E-state index in [9.17, 15) is 9.50 Å². The van der Waals surface area contributed by atoms with Gasteiger partial charge in [0.25, 0.3) is 0 Å². The summed E-state index contributed by atoms with van der Waals surface area (Å²) in [4.78, 5) is 2.13. The molecule has 0 unspecified atom stereocenters. The zero-order valence-corrected chi connectivity index (χ0v) is 12.1. The van der Waals surface area contributed by atoms with Gasteiger partial charge in [0.05, 0.1) is 17.7 Å². The van der Waals surface area contributed by atoms with Gasteiger partial charge in [-0.3, -0.25) is 4.90 Å². The molecule has 1 fully saturated rings. The van der Waals surface area contributed by atoms with Crippen LogP contribution in [-0.2, 0) is 4.74 Å². The third-order valence-electron chi connectivity index (χ3n) is 3.56. The number of ether oxygens (including phenoxy) is 2. The predicted molar refractivity (Wildman–Crippen MR) is 74.8 cm³/mol. The molecule has 2 atom stereocenters. The lowest BCUT2D eigenvalue weighted by molar-refractivity contribution is 0.105. The maximum absolute atomic E-state index is 12.9. The highest BCUT2D eigenvalue weighted by Gasteiger charge is 2.31. The van der Waals surface area contributed by atoms with Gasteiger partial charge in [0, 0.05) is 26.2 Å². The van der Waals surface area contributed by atoms with E-state index in [-0.39, 0.29) is 29.6 Å². The summed E-state index contributed by atoms with van der Waals surface area (Å²) >= 11 is 5.89. The summed E-state index contributed by atoms with van der Waals surface area (Å²) in [6.07, 6.45) is 0.978. The van der Waals surface area contributed by atoms with Gasteiger partial charge in [-0.1, -0.05) is 11.6 Å². The van der Waals surface area contributed by atoms with Gasteiger partial charge < -0.3 is 14.6 Å². The SMILES string of the molecule is CO[C@@H]1C[C@@H](CO)N(CCOc2ccc(F)cc2Cl)C1. The number of hydrogen-bond donors (Lipinski definition) is 1. The van der Waals surface area contributed by atoms with E-state index in [0.717, 1.165) is 13.0 Å². The fourth-order valence-corrected chi connectivity index (χ4v) is 2.66. The van der Waals surface area contributed by atoms with Crippen molar-refractivity contribution < 1.29 is 19.0 Å². The average molecular weight is 304 g/mol. The highest BCUT2D eigenvalue weighted by atomic mass is 35.5. The number of benzene rings is 1. The molecule has 0 aromatic heterocycles. The van der Waals surface area contributed by atoms with E-state index in [4.69, 9.17) is 21.1 Å². The van der Waals surface area contributed by atoms with Crippen LogP contribution in [0.2, 0.25) is 5.02 Å². The van der Waals surface area contributed by atoms with Crippen LogP contribution in [0.4, 0.5) is 4.39 Å². The van der Waals surface area contributed by atoms with Gasteiger partial charge in [-0.2, -0.15) is 0 Å². The van der Waals surface area contributed by atoms with Crippen molar-refractivity contribution in [1.29, 1.82) is 0 Å². The summed E-state index contributed by atoms with van der Waals surface area (Å²) in [5, 5.41) is 9.60. The van der Waals surface area contributed by atoms with Crippen molar-refractivity contribution in [2.45, 2.75) is 18.6 Å². The van der Waals surface area contributed by atoms with E-state index < -0.39 is 0 Å². The van der Waals surface area contributed by atoms with Gasteiger partial charge in [-0.05, 0) is 24.6 Å².